The smallest absolute Gasteiger partial charge is 0.339 e. The van der Waals surface area contributed by atoms with E-state index >= 15 is 0 Å². The second-order valence-corrected chi connectivity index (χ2v) is 13.2. The van der Waals surface area contributed by atoms with E-state index in [2.05, 4.69) is 25.2 Å². The second kappa shape index (κ2) is 15.2. The number of aromatic nitrogens is 5. The third kappa shape index (κ3) is 9.90. The van der Waals surface area contributed by atoms with Crippen LogP contribution in [0.15, 0.2) is 108 Å². The van der Waals surface area contributed by atoms with Crippen molar-refractivity contribution in [3.63, 3.8) is 0 Å². The van der Waals surface area contributed by atoms with E-state index in [1.165, 1.54) is 52.1 Å². The van der Waals surface area contributed by atoms with Crippen molar-refractivity contribution >= 4 is 43.7 Å². The predicted octanol–water partition coefficient (Wildman–Crippen LogP) is 7.95. The number of halogens is 7. The zero-order valence-electron chi connectivity index (χ0n) is 26.0. The molecular weight excluding hydrogens is 746 g/mol. The molecule has 0 aliphatic heterocycles. The van der Waals surface area contributed by atoms with Crippen molar-refractivity contribution in [3.8, 4) is 0 Å². The molecule has 3 aromatic heterocycles. The normalized spacial score (nSPS) is 11.8. The summed E-state index contributed by atoms with van der Waals surface area (Å²) in [5, 5.41) is 23.0. The van der Waals surface area contributed by atoms with Crippen LogP contribution in [-0.2, 0) is 35.5 Å². The van der Waals surface area contributed by atoms with Gasteiger partial charge in [-0.3, -0.25) is 24.2 Å². The lowest BCUT2D eigenvalue weighted by atomic mass is 10.1. The molecule has 0 bridgehead atoms. The van der Waals surface area contributed by atoms with Crippen molar-refractivity contribution in [2.45, 2.75) is 30.3 Å². The molecule has 3 heterocycles. The fraction of sp³-hybridized carbons (Fsp3) is 0.129. The molecule has 0 radical (unpaired) electrons. The van der Waals surface area contributed by atoms with Gasteiger partial charge in [0.05, 0.1) is 29.1 Å². The van der Waals surface area contributed by atoms with Gasteiger partial charge in [-0.1, -0.05) is 24.3 Å². The van der Waals surface area contributed by atoms with Gasteiger partial charge in [0.2, 0.25) is 0 Å². The Morgan fingerprint density at radius 3 is 1.94 bits per heavy atom. The first-order chi connectivity index (χ1) is 24.5. The minimum absolute atomic E-state index is 0.121. The minimum Gasteiger partial charge on any atom is -0.339 e. The van der Waals surface area contributed by atoms with Gasteiger partial charge in [0.1, 0.15) is 23.1 Å². The molecule has 0 spiro atoms. The Labute approximate surface area is 293 Å². The SMILES string of the molecule is O=S(=O)(Nc1nccs1)c1ccc(Nc2ccn(Cc3ccc(C(F)(F)F)cc3)n2)cc1F.O=[N+]([O-])c1cnn(Cc2ccc(C(F)(F)F)cc2)c1. The van der Waals surface area contributed by atoms with Crippen LogP contribution in [0.25, 0.3) is 0 Å². The molecule has 0 aliphatic carbocycles. The lowest BCUT2D eigenvalue weighted by molar-refractivity contribution is -0.385. The highest BCUT2D eigenvalue weighted by molar-refractivity contribution is 7.93. The fourth-order valence-electron chi connectivity index (χ4n) is 4.41. The van der Waals surface area contributed by atoms with Crippen LogP contribution in [0, 0.1) is 15.9 Å². The molecule has 6 aromatic rings. The van der Waals surface area contributed by atoms with E-state index in [-0.39, 0.29) is 29.6 Å². The Balaban J connectivity index is 0.000000233. The van der Waals surface area contributed by atoms with E-state index in [0.717, 1.165) is 53.9 Å². The predicted molar refractivity (Wildman–Crippen MR) is 175 cm³/mol. The first-order valence-electron chi connectivity index (χ1n) is 14.5. The van der Waals surface area contributed by atoms with Crippen molar-refractivity contribution < 1.29 is 44.1 Å². The maximum absolute atomic E-state index is 14.5. The Morgan fingerprint density at radius 2 is 1.44 bits per heavy atom. The first-order valence-corrected chi connectivity index (χ1v) is 16.8. The maximum Gasteiger partial charge on any atom is 0.416 e. The number of hydrogen-bond donors (Lipinski definition) is 2. The third-order valence-corrected chi connectivity index (χ3v) is 9.06. The number of alkyl halides is 6. The van der Waals surface area contributed by atoms with E-state index in [1.807, 2.05) is 0 Å². The average molecular weight is 769 g/mol. The van der Waals surface area contributed by atoms with Crippen LogP contribution in [0.5, 0.6) is 0 Å². The van der Waals surface area contributed by atoms with Crippen LogP contribution in [0.3, 0.4) is 0 Å². The highest BCUT2D eigenvalue weighted by Crippen LogP contribution is 2.30. The number of sulfonamides is 1. The molecule has 0 amide bonds. The number of rotatable bonds is 10. The highest BCUT2D eigenvalue weighted by atomic mass is 32.2. The molecule has 0 unspecified atom stereocenters. The summed E-state index contributed by atoms with van der Waals surface area (Å²) in [4.78, 5) is 13.1. The minimum atomic E-state index is -4.40. The molecule has 0 fully saturated rings. The zero-order chi connectivity index (χ0) is 37.7. The van der Waals surface area contributed by atoms with E-state index in [9.17, 15) is 49.3 Å². The first kappa shape index (κ1) is 37.4. The molecule has 0 aliphatic rings. The summed E-state index contributed by atoms with van der Waals surface area (Å²) in [6.45, 7) is 0.403. The number of nitrogens with one attached hydrogen (secondary N) is 2. The van der Waals surface area contributed by atoms with Gasteiger partial charge in [-0.15, -0.1) is 11.3 Å². The molecule has 21 heteroatoms. The highest BCUT2D eigenvalue weighted by Gasteiger charge is 2.30. The van der Waals surface area contributed by atoms with Crippen LogP contribution in [-0.4, -0.2) is 37.9 Å². The molecule has 272 valence electrons. The summed E-state index contributed by atoms with van der Waals surface area (Å²) in [6.07, 6.45) is -3.44. The summed E-state index contributed by atoms with van der Waals surface area (Å²) in [7, 11) is -4.14. The number of benzene rings is 3. The maximum atomic E-state index is 14.5. The van der Waals surface area contributed by atoms with E-state index in [1.54, 1.807) is 17.6 Å². The standard InChI is InChI=1S/C20H15F4N5O2S2.C11H8F3N3O2/c21-16-11-15(5-6-17(16)33(30,31)28-19-25-8-10-32-19)26-18-7-9-29(27-18)12-13-1-3-14(4-2-13)20(22,23)24;12-11(13,14)9-3-1-8(2-4-9)6-16-7-10(5-15-16)17(18)19/h1-11H,12H2,(H,25,28)(H,26,27);1-5,7H,6H2. The molecule has 0 saturated carbocycles. The molecule has 12 nitrogen and oxygen atoms in total. The zero-order valence-corrected chi connectivity index (χ0v) is 27.6. The second-order valence-electron chi connectivity index (χ2n) is 10.7. The summed E-state index contributed by atoms with van der Waals surface area (Å²) < 4.78 is 119. The quantitative estimate of drug-likeness (QED) is 0.0811. The average Bonchev–Trinajstić information content (AvgIpc) is 3.85. The van der Waals surface area contributed by atoms with Crippen molar-refractivity contribution in [2.24, 2.45) is 0 Å². The lowest BCUT2D eigenvalue weighted by Gasteiger charge is -2.09. The van der Waals surface area contributed by atoms with Crippen molar-refractivity contribution in [2.75, 3.05) is 10.0 Å². The number of anilines is 3. The van der Waals surface area contributed by atoms with Gasteiger partial charge in [-0.05, 0) is 53.6 Å². The van der Waals surface area contributed by atoms with Gasteiger partial charge < -0.3 is 5.32 Å². The Bertz CT molecular complexity index is 2240. The van der Waals surface area contributed by atoms with E-state index < -0.39 is 49.1 Å². The van der Waals surface area contributed by atoms with Crippen molar-refractivity contribution in [1.29, 1.82) is 0 Å². The van der Waals surface area contributed by atoms with Gasteiger partial charge in [0, 0.05) is 29.5 Å². The van der Waals surface area contributed by atoms with Gasteiger partial charge in [-0.25, -0.2) is 17.8 Å². The molecule has 6 rings (SSSR count). The number of nitrogens with zero attached hydrogens (tertiary/aromatic N) is 6. The topological polar surface area (TPSA) is 150 Å². The van der Waals surface area contributed by atoms with Gasteiger partial charge in [0.25, 0.3) is 10.0 Å². The summed E-state index contributed by atoms with van der Waals surface area (Å²) >= 11 is 1.06. The molecule has 3 aromatic carbocycles. The monoisotopic (exact) mass is 768 g/mol. The summed E-state index contributed by atoms with van der Waals surface area (Å²) in [5.41, 5.74) is -0.171. The molecule has 0 atom stereocenters. The Hall–Kier alpha value is -5.83. The van der Waals surface area contributed by atoms with Gasteiger partial charge >= 0.3 is 18.0 Å². The van der Waals surface area contributed by atoms with Crippen molar-refractivity contribution in [3.05, 3.63) is 141 Å². The van der Waals surface area contributed by atoms with Crippen LogP contribution >= 0.6 is 11.3 Å². The van der Waals surface area contributed by atoms with Gasteiger partial charge in [0.15, 0.2) is 10.9 Å². The van der Waals surface area contributed by atoms with Crippen LogP contribution in [0.4, 0.5) is 53.1 Å². The number of hydrogen-bond acceptors (Lipinski definition) is 9. The van der Waals surface area contributed by atoms with Crippen LogP contribution < -0.4 is 10.0 Å². The number of thiazole rings is 1. The van der Waals surface area contributed by atoms with Crippen LogP contribution in [0.2, 0.25) is 0 Å². The molecular formula is C31H23F7N8O4S2. The lowest BCUT2D eigenvalue weighted by Crippen LogP contribution is -2.14. The molecule has 0 saturated heterocycles. The fourth-order valence-corrected chi connectivity index (χ4v) is 6.26. The van der Waals surface area contributed by atoms with E-state index in [0.29, 0.717) is 16.9 Å². The van der Waals surface area contributed by atoms with E-state index in [4.69, 9.17) is 0 Å². The molecule has 52 heavy (non-hydrogen) atoms. The summed E-state index contributed by atoms with van der Waals surface area (Å²) in [6, 6.07) is 14.4. The van der Waals surface area contributed by atoms with Crippen LogP contribution in [0.1, 0.15) is 22.3 Å². The summed E-state index contributed by atoms with van der Waals surface area (Å²) in [5.74, 6) is -0.619. The third-order valence-electron chi connectivity index (χ3n) is 6.87. The molecule has 2 N–H and O–H groups in total. The Morgan fingerprint density at radius 1 is 0.846 bits per heavy atom. The number of nitro groups is 1. The van der Waals surface area contributed by atoms with Gasteiger partial charge in [-0.2, -0.15) is 36.5 Å². The largest absolute Gasteiger partial charge is 0.416 e. The van der Waals surface area contributed by atoms with Crippen molar-refractivity contribution in [1.82, 2.24) is 24.5 Å². The Kier molecular flexibility index (Phi) is 10.9.